The van der Waals surface area contributed by atoms with Crippen LogP contribution in [0.15, 0.2) is 71.7 Å². The van der Waals surface area contributed by atoms with E-state index in [1.54, 1.807) is 36.1 Å². The van der Waals surface area contributed by atoms with Crippen molar-refractivity contribution in [1.82, 2.24) is 29.7 Å². The number of carbonyl (C=O) groups is 2. The summed E-state index contributed by atoms with van der Waals surface area (Å²) in [5, 5.41) is 14.1. The Bertz CT molecular complexity index is 1480. The summed E-state index contributed by atoms with van der Waals surface area (Å²) < 4.78 is 8.32. The molecule has 0 fully saturated rings. The molecule has 0 unspecified atom stereocenters. The Balaban J connectivity index is 1.40. The Morgan fingerprint density at radius 1 is 1.09 bits per heavy atom. The molecular weight excluding hydrogens is 434 g/mol. The van der Waals surface area contributed by atoms with Crippen molar-refractivity contribution in [2.24, 2.45) is 7.05 Å². The molecule has 5 rings (SSSR count). The Hall–Kier alpha value is -4.73. The summed E-state index contributed by atoms with van der Waals surface area (Å²) >= 11 is 0. The first-order chi connectivity index (χ1) is 16.5. The first-order valence-electron chi connectivity index (χ1n) is 10.5. The molecule has 1 aromatic carbocycles. The van der Waals surface area contributed by atoms with E-state index in [-0.39, 0.29) is 23.5 Å². The van der Waals surface area contributed by atoms with E-state index in [1.165, 1.54) is 17.1 Å². The monoisotopic (exact) mass is 455 g/mol. The zero-order valence-electron chi connectivity index (χ0n) is 18.5. The number of nitrogens with one attached hydrogen (secondary N) is 2. The van der Waals surface area contributed by atoms with Gasteiger partial charge in [0.05, 0.1) is 30.4 Å². The average Bonchev–Trinajstić information content (AvgIpc) is 3.58. The van der Waals surface area contributed by atoms with Crippen LogP contribution in [-0.4, -0.2) is 36.2 Å². The van der Waals surface area contributed by atoms with Gasteiger partial charge >= 0.3 is 0 Å². The maximum absolute atomic E-state index is 13.1. The molecule has 2 N–H and O–H groups in total. The van der Waals surface area contributed by atoms with Crippen LogP contribution in [0.25, 0.3) is 16.9 Å². The third kappa shape index (κ3) is 4.04. The lowest BCUT2D eigenvalue weighted by atomic mass is 10.1. The quantitative estimate of drug-likeness (QED) is 0.406. The number of benzene rings is 1. The number of fused-ring (bicyclic) bond motifs is 1. The van der Waals surface area contributed by atoms with Crippen LogP contribution >= 0.6 is 0 Å². The molecule has 0 aliphatic carbocycles. The highest BCUT2D eigenvalue weighted by Crippen LogP contribution is 2.22. The second-order valence-corrected chi connectivity index (χ2v) is 7.77. The number of anilines is 1. The number of hydrogen-bond donors (Lipinski definition) is 2. The molecule has 5 aromatic rings. The van der Waals surface area contributed by atoms with E-state index in [9.17, 15) is 9.59 Å². The maximum Gasteiger partial charge on any atom is 0.274 e. The van der Waals surface area contributed by atoms with Gasteiger partial charge in [-0.25, -0.2) is 9.50 Å². The summed E-state index contributed by atoms with van der Waals surface area (Å²) in [4.78, 5) is 30.2. The van der Waals surface area contributed by atoms with Gasteiger partial charge in [-0.2, -0.15) is 10.2 Å². The topological polar surface area (TPSA) is 119 Å². The van der Waals surface area contributed by atoms with Crippen LogP contribution < -0.4 is 10.6 Å². The fourth-order valence-electron chi connectivity index (χ4n) is 3.60. The number of rotatable bonds is 6. The summed E-state index contributed by atoms with van der Waals surface area (Å²) in [6.07, 6.45) is 6.20. The van der Waals surface area contributed by atoms with Gasteiger partial charge in [0.1, 0.15) is 11.3 Å². The van der Waals surface area contributed by atoms with E-state index >= 15 is 0 Å². The molecule has 0 radical (unpaired) electrons. The van der Waals surface area contributed by atoms with Crippen molar-refractivity contribution in [2.45, 2.75) is 13.5 Å². The van der Waals surface area contributed by atoms with Gasteiger partial charge in [-0.3, -0.25) is 14.3 Å². The molecular formula is C24H21N7O3. The highest BCUT2D eigenvalue weighted by molar-refractivity contribution is 6.11. The lowest BCUT2D eigenvalue weighted by molar-refractivity contribution is 0.0943. The van der Waals surface area contributed by atoms with Crippen molar-refractivity contribution in [1.29, 1.82) is 0 Å². The van der Waals surface area contributed by atoms with Gasteiger partial charge in [0.25, 0.3) is 11.8 Å². The van der Waals surface area contributed by atoms with Crippen molar-refractivity contribution in [3.63, 3.8) is 0 Å². The van der Waals surface area contributed by atoms with Crippen molar-refractivity contribution in [2.75, 3.05) is 5.32 Å². The zero-order chi connectivity index (χ0) is 23.7. The molecule has 10 nitrogen and oxygen atoms in total. The van der Waals surface area contributed by atoms with E-state index in [2.05, 4.69) is 25.8 Å². The number of furan rings is 1. The zero-order valence-corrected chi connectivity index (χ0v) is 18.5. The van der Waals surface area contributed by atoms with E-state index in [0.29, 0.717) is 11.4 Å². The molecule has 0 aliphatic heterocycles. The number of amides is 2. The van der Waals surface area contributed by atoms with Crippen molar-refractivity contribution in [3.8, 4) is 11.3 Å². The van der Waals surface area contributed by atoms with Gasteiger partial charge in [0, 0.05) is 25.0 Å². The second kappa shape index (κ2) is 8.66. The molecule has 0 saturated carbocycles. The molecule has 4 aromatic heterocycles. The molecule has 170 valence electrons. The molecule has 0 aliphatic rings. The highest BCUT2D eigenvalue weighted by atomic mass is 16.3. The molecule has 0 spiro atoms. The Morgan fingerprint density at radius 2 is 1.91 bits per heavy atom. The second-order valence-electron chi connectivity index (χ2n) is 7.77. The minimum atomic E-state index is -0.448. The van der Waals surface area contributed by atoms with Crippen LogP contribution in [0.1, 0.15) is 32.2 Å². The molecule has 0 atom stereocenters. The van der Waals surface area contributed by atoms with E-state index in [1.807, 2.05) is 37.3 Å². The maximum atomic E-state index is 13.1. The number of aryl methyl sites for hydroxylation is 2. The summed E-state index contributed by atoms with van der Waals surface area (Å²) in [6, 6.07) is 13.4. The summed E-state index contributed by atoms with van der Waals surface area (Å²) in [5.41, 5.74) is 3.96. The fraction of sp³-hybridized carbons (Fsp3) is 0.125. The summed E-state index contributed by atoms with van der Waals surface area (Å²) in [6.45, 7) is 2.22. The predicted octanol–water partition coefficient (Wildman–Crippen LogP) is 3.21. The summed E-state index contributed by atoms with van der Waals surface area (Å²) in [5.74, 6) is -0.278. The molecule has 0 bridgehead atoms. The predicted molar refractivity (Wildman–Crippen MR) is 124 cm³/mol. The third-order valence-corrected chi connectivity index (χ3v) is 5.29. The minimum Gasteiger partial charge on any atom is -0.467 e. The average molecular weight is 455 g/mol. The van der Waals surface area contributed by atoms with Crippen LogP contribution in [0.4, 0.5) is 5.69 Å². The number of carbonyl (C=O) groups excluding carboxylic acids is 2. The van der Waals surface area contributed by atoms with Gasteiger partial charge in [0.15, 0.2) is 11.3 Å². The third-order valence-electron chi connectivity index (χ3n) is 5.29. The van der Waals surface area contributed by atoms with Gasteiger partial charge in [-0.15, -0.1) is 0 Å². The minimum absolute atomic E-state index is 0.0900. The van der Waals surface area contributed by atoms with E-state index in [0.717, 1.165) is 16.8 Å². The van der Waals surface area contributed by atoms with Crippen LogP contribution in [0.2, 0.25) is 0 Å². The van der Waals surface area contributed by atoms with Crippen LogP contribution in [-0.2, 0) is 13.6 Å². The number of nitrogens with zero attached hydrogens (tertiary/aromatic N) is 5. The summed E-state index contributed by atoms with van der Waals surface area (Å²) in [7, 11) is 1.67. The Kier molecular flexibility index (Phi) is 5.38. The van der Waals surface area contributed by atoms with Crippen molar-refractivity contribution < 1.29 is 14.0 Å². The normalized spacial score (nSPS) is 11.0. The van der Waals surface area contributed by atoms with Crippen LogP contribution in [0.3, 0.4) is 0 Å². The SMILES string of the molecule is Cc1ccc(-c2ccnc3c(C(=O)Nc4cn(C)nc4C(=O)NCc4ccco4)cnn23)cc1. The van der Waals surface area contributed by atoms with Crippen molar-refractivity contribution in [3.05, 3.63) is 89.9 Å². The lowest BCUT2D eigenvalue weighted by Gasteiger charge is -2.07. The smallest absolute Gasteiger partial charge is 0.274 e. The fourth-order valence-corrected chi connectivity index (χ4v) is 3.60. The number of hydrogen-bond acceptors (Lipinski definition) is 6. The highest BCUT2D eigenvalue weighted by Gasteiger charge is 2.21. The Morgan fingerprint density at radius 3 is 2.68 bits per heavy atom. The van der Waals surface area contributed by atoms with E-state index < -0.39 is 11.8 Å². The van der Waals surface area contributed by atoms with Gasteiger partial charge in [-0.05, 0) is 25.1 Å². The molecule has 2 amide bonds. The molecule has 10 heteroatoms. The van der Waals surface area contributed by atoms with Gasteiger partial charge in [-0.1, -0.05) is 29.8 Å². The lowest BCUT2D eigenvalue weighted by Crippen LogP contribution is -2.25. The van der Waals surface area contributed by atoms with Crippen LogP contribution in [0.5, 0.6) is 0 Å². The molecule has 0 saturated heterocycles. The number of aromatic nitrogens is 5. The largest absolute Gasteiger partial charge is 0.467 e. The Labute approximate surface area is 194 Å². The standard InChI is InChI=1S/C24H21N7O3/c1-15-5-7-16(8-6-15)20-9-10-25-22-18(13-27-31(20)22)23(32)28-19-14-30(2)29-21(19)24(33)26-12-17-4-3-11-34-17/h3-11,13-14H,12H2,1-2H3,(H,26,33)(H,28,32). The molecule has 34 heavy (non-hydrogen) atoms. The molecule has 4 heterocycles. The first kappa shape index (κ1) is 21.1. The van der Waals surface area contributed by atoms with Gasteiger partial charge < -0.3 is 15.1 Å². The van der Waals surface area contributed by atoms with Crippen LogP contribution in [0, 0.1) is 6.92 Å². The van der Waals surface area contributed by atoms with E-state index in [4.69, 9.17) is 4.42 Å². The van der Waals surface area contributed by atoms with Gasteiger partial charge in [0.2, 0.25) is 0 Å². The first-order valence-corrected chi connectivity index (χ1v) is 10.5. The van der Waals surface area contributed by atoms with Crippen molar-refractivity contribution >= 4 is 23.1 Å².